The van der Waals surface area contributed by atoms with Crippen molar-refractivity contribution in [2.75, 3.05) is 0 Å². The van der Waals surface area contributed by atoms with Gasteiger partial charge in [-0.3, -0.25) is 0 Å². The number of hydrogen-bond acceptors (Lipinski definition) is 2. The molecule has 0 N–H and O–H groups in total. The second kappa shape index (κ2) is 6.67. The highest BCUT2D eigenvalue weighted by Crippen LogP contribution is 2.05. The average Bonchev–Trinajstić information content (AvgIpc) is 2.16. The van der Waals surface area contributed by atoms with Gasteiger partial charge in [0, 0.05) is 0 Å². The van der Waals surface area contributed by atoms with Gasteiger partial charge in [0.25, 0.3) is 0 Å². The first-order chi connectivity index (χ1) is 7.35. The predicted octanol–water partition coefficient (Wildman–Crippen LogP) is 3.68. The third-order valence-electron chi connectivity index (χ3n) is 1.42. The molecule has 3 heteroatoms. The molecule has 0 aromatic heterocycles. The third kappa shape index (κ3) is 8.81. The lowest BCUT2D eigenvalue weighted by atomic mass is 10.2. The van der Waals surface area contributed by atoms with Crippen LogP contribution in [0.3, 0.4) is 0 Å². The zero-order chi connectivity index (χ0) is 12.6. The Hall–Kier alpha value is -1.77. The third-order valence-corrected chi connectivity index (χ3v) is 1.42. The van der Waals surface area contributed by atoms with Gasteiger partial charge in [-0.25, -0.2) is 0 Å². The first-order valence-electron chi connectivity index (χ1n) is 4.92. The highest BCUT2D eigenvalue weighted by atomic mass is 16.7. The number of benzene rings is 1. The molecule has 1 aromatic carbocycles. The van der Waals surface area contributed by atoms with Crippen LogP contribution in [-0.2, 0) is 9.84 Å². The van der Waals surface area contributed by atoms with Crippen LogP contribution in [0.5, 0.6) is 0 Å². The topological polar surface area (TPSA) is 46.2 Å². The van der Waals surface area contributed by atoms with Gasteiger partial charge in [-0.1, -0.05) is 43.0 Å². The summed E-state index contributed by atoms with van der Waals surface area (Å²) >= 11 is 0. The van der Waals surface area contributed by atoms with Crippen LogP contribution in [0.1, 0.15) is 26.3 Å². The molecule has 0 aliphatic carbocycles. The fourth-order valence-corrected chi connectivity index (χ4v) is 0.839. The summed E-state index contributed by atoms with van der Waals surface area (Å²) in [7, 11) is 0. The molecule has 0 fully saturated rings. The van der Waals surface area contributed by atoms with Crippen molar-refractivity contribution in [3.8, 4) is 0 Å². The Balaban J connectivity index is 0.000000281. The fraction of sp³-hybridized carbons (Fsp3) is 0.308. The molecule has 0 amide bonds. The molecule has 0 aliphatic heterocycles. The van der Waals surface area contributed by atoms with E-state index in [1.165, 1.54) is 5.56 Å². The maximum absolute atomic E-state index is 9.68. The van der Waals surface area contributed by atoms with E-state index in [2.05, 4.69) is 11.3 Å². The lowest BCUT2D eigenvalue weighted by molar-refractivity contribution is -0.00104. The molecule has 0 spiro atoms. The van der Waals surface area contributed by atoms with Gasteiger partial charge in [0.05, 0.1) is 0 Å². The Kier molecular flexibility index (Phi) is 5.93. The zero-order valence-corrected chi connectivity index (χ0v) is 9.90. The van der Waals surface area contributed by atoms with E-state index in [0.29, 0.717) is 0 Å². The molecule has 0 aliphatic rings. The highest BCUT2D eigenvalue weighted by molar-refractivity contribution is 5.56. The van der Waals surface area contributed by atoms with Crippen molar-refractivity contribution in [3.63, 3.8) is 0 Å². The van der Waals surface area contributed by atoms with Crippen LogP contribution in [0.2, 0.25) is 0 Å². The molecule has 3 nitrogen and oxygen atoms in total. The van der Waals surface area contributed by atoms with E-state index in [1.54, 1.807) is 20.8 Å². The molecular weight excluding hydrogens is 204 g/mol. The van der Waals surface area contributed by atoms with Gasteiger partial charge in [0.1, 0.15) is 5.60 Å². The van der Waals surface area contributed by atoms with Gasteiger partial charge < -0.3 is 4.74 Å². The maximum atomic E-state index is 9.68. The summed E-state index contributed by atoms with van der Waals surface area (Å²) in [5.74, 6) is 0. The van der Waals surface area contributed by atoms with Crippen LogP contribution in [0.4, 0.5) is 4.79 Å². The van der Waals surface area contributed by atoms with E-state index in [1.807, 2.05) is 36.4 Å². The van der Waals surface area contributed by atoms with Gasteiger partial charge in [-0.15, -0.1) is 0 Å². The molecule has 1 radical (unpaired) electrons. The Labute approximate surface area is 96.4 Å². The molecule has 0 unspecified atom stereocenters. The first-order valence-corrected chi connectivity index (χ1v) is 4.92. The number of carbonyl (C=O) groups is 1. The van der Waals surface area contributed by atoms with E-state index in [-0.39, 0.29) is 0 Å². The number of hydrogen-bond donors (Lipinski definition) is 0. The maximum Gasteiger partial charge on any atom is 0.550 e. The molecule has 0 bridgehead atoms. The van der Waals surface area contributed by atoms with E-state index in [0.717, 1.165) is 0 Å². The first kappa shape index (κ1) is 14.2. The second-order valence-electron chi connectivity index (χ2n) is 4.08. The summed E-state index contributed by atoms with van der Waals surface area (Å²) in [6.45, 7) is 8.56. The highest BCUT2D eigenvalue weighted by Gasteiger charge is 2.15. The molecule has 87 valence electrons. The van der Waals surface area contributed by atoms with Crippen LogP contribution >= 0.6 is 0 Å². The van der Waals surface area contributed by atoms with E-state index in [4.69, 9.17) is 0 Å². The Morgan fingerprint density at radius 3 is 1.94 bits per heavy atom. The van der Waals surface area contributed by atoms with Crippen LogP contribution in [0, 0.1) is 0 Å². The molecule has 0 atom stereocenters. The summed E-state index contributed by atoms with van der Waals surface area (Å²) in [6.07, 6.45) is 0.359. The van der Waals surface area contributed by atoms with Gasteiger partial charge >= 0.3 is 6.16 Å². The van der Waals surface area contributed by atoms with Crippen molar-refractivity contribution >= 4 is 12.2 Å². The molecular formula is C13H17O3. The van der Waals surface area contributed by atoms with Crippen molar-refractivity contribution in [2.24, 2.45) is 0 Å². The predicted molar refractivity (Wildman–Crippen MR) is 63.5 cm³/mol. The summed E-state index contributed by atoms with van der Waals surface area (Å²) in [5.41, 5.74) is 0.534. The van der Waals surface area contributed by atoms with Crippen molar-refractivity contribution in [3.05, 3.63) is 42.5 Å². The van der Waals surface area contributed by atoms with Crippen LogP contribution in [-0.4, -0.2) is 11.8 Å². The van der Waals surface area contributed by atoms with Crippen LogP contribution in [0.15, 0.2) is 36.9 Å². The second-order valence-corrected chi connectivity index (χ2v) is 4.08. The lowest BCUT2D eigenvalue weighted by Gasteiger charge is -2.14. The Bertz CT molecular complexity index is 323. The Morgan fingerprint density at radius 2 is 1.75 bits per heavy atom. The Morgan fingerprint density at radius 1 is 1.25 bits per heavy atom. The monoisotopic (exact) mass is 221 g/mol. The SMILES string of the molecule is C=Cc1ccccc1.CC(C)(C)OC([O])=O. The summed E-state index contributed by atoms with van der Waals surface area (Å²) in [4.78, 5) is 9.68. The fourth-order valence-electron chi connectivity index (χ4n) is 0.839. The van der Waals surface area contributed by atoms with Gasteiger partial charge in [0.2, 0.25) is 0 Å². The largest absolute Gasteiger partial charge is 0.550 e. The van der Waals surface area contributed by atoms with Gasteiger partial charge in [-0.05, 0) is 26.3 Å². The average molecular weight is 221 g/mol. The molecule has 0 saturated carbocycles. The van der Waals surface area contributed by atoms with Gasteiger partial charge in [0.15, 0.2) is 0 Å². The molecule has 1 aromatic rings. The smallest absolute Gasteiger partial charge is 0.426 e. The quantitative estimate of drug-likeness (QED) is 0.679. The number of carbonyl (C=O) groups excluding carboxylic acids is 1. The standard InChI is InChI=1S/C8H8.C5H9O3/c1-2-8-6-4-3-5-7-8;1-5(2,3)8-4(6)7/h2-7H,1H2;1-3H3. The number of rotatable bonds is 1. The number of ether oxygens (including phenoxy) is 1. The lowest BCUT2D eigenvalue weighted by Crippen LogP contribution is -2.21. The van der Waals surface area contributed by atoms with Crippen molar-refractivity contribution in [2.45, 2.75) is 26.4 Å². The van der Waals surface area contributed by atoms with Crippen molar-refractivity contribution in [1.82, 2.24) is 0 Å². The molecule has 1 rings (SSSR count). The minimum atomic E-state index is -1.47. The van der Waals surface area contributed by atoms with E-state index in [9.17, 15) is 9.90 Å². The summed E-state index contributed by atoms with van der Waals surface area (Å²) in [5, 5.41) is 9.68. The molecule has 16 heavy (non-hydrogen) atoms. The van der Waals surface area contributed by atoms with E-state index >= 15 is 0 Å². The minimum absolute atomic E-state index is 0.640. The molecule has 0 saturated heterocycles. The van der Waals surface area contributed by atoms with Crippen LogP contribution < -0.4 is 0 Å². The van der Waals surface area contributed by atoms with Gasteiger partial charge in [-0.2, -0.15) is 9.90 Å². The zero-order valence-electron chi connectivity index (χ0n) is 9.90. The van der Waals surface area contributed by atoms with Crippen molar-refractivity contribution in [1.29, 1.82) is 0 Å². The van der Waals surface area contributed by atoms with Crippen LogP contribution in [0.25, 0.3) is 6.08 Å². The summed E-state index contributed by atoms with van der Waals surface area (Å²) < 4.78 is 4.24. The molecule has 0 heterocycles. The normalized spacial score (nSPS) is 9.69. The minimum Gasteiger partial charge on any atom is -0.426 e. The summed E-state index contributed by atoms with van der Waals surface area (Å²) in [6, 6.07) is 10.0. The van der Waals surface area contributed by atoms with E-state index < -0.39 is 11.8 Å². The van der Waals surface area contributed by atoms with Crippen molar-refractivity contribution < 1.29 is 14.6 Å².